The number of ether oxygens (including phenoxy) is 1. The van der Waals surface area contributed by atoms with Crippen LogP contribution < -0.4 is 10.1 Å². The van der Waals surface area contributed by atoms with Gasteiger partial charge in [0, 0.05) is 34.9 Å². The molecule has 2 aromatic heterocycles. The first-order valence-electron chi connectivity index (χ1n) is 8.94. The van der Waals surface area contributed by atoms with Gasteiger partial charge in [0.2, 0.25) is 15.0 Å². The number of rotatable bonds is 6. The summed E-state index contributed by atoms with van der Waals surface area (Å²) in [5, 5.41) is 11.5. The molecule has 1 amide bonds. The Bertz CT molecular complexity index is 1310. The van der Waals surface area contributed by atoms with Crippen LogP contribution in [0.3, 0.4) is 0 Å². The predicted octanol–water partition coefficient (Wildman–Crippen LogP) is 2.90. The van der Waals surface area contributed by atoms with E-state index in [-0.39, 0.29) is 15.9 Å². The van der Waals surface area contributed by atoms with Crippen LogP contribution in [-0.2, 0) is 14.6 Å². The van der Waals surface area contributed by atoms with E-state index in [0.717, 1.165) is 40.6 Å². The number of aromatic nitrogens is 3. The van der Waals surface area contributed by atoms with Crippen molar-refractivity contribution in [3.05, 3.63) is 52.9 Å². The smallest absolute Gasteiger partial charge is 0.268 e. The second-order valence-corrected chi connectivity index (χ2v) is 9.30. The quantitative estimate of drug-likeness (QED) is 0.445. The molecular formula is C20H19N5O4S2. The van der Waals surface area contributed by atoms with Gasteiger partial charge in [0.15, 0.2) is 0 Å². The predicted molar refractivity (Wildman–Crippen MR) is 117 cm³/mol. The fourth-order valence-electron chi connectivity index (χ4n) is 2.94. The zero-order valence-electron chi connectivity index (χ0n) is 17.2. The third-order valence-electron chi connectivity index (χ3n) is 4.43. The van der Waals surface area contributed by atoms with E-state index in [0.29, 0.717) is 5.56 Å². The fraction of sp³-hybridized carbons (Fsp3) is 0.200. The maximum atomic E-state index is 12.5. The number of sulfone groups is 1. The van der Waals surface area contributed by atoms with Crippen molar-refractivity contribution in [1.82, 2.24) is 13.9 Å². The topological polar surface area (TPSA) is 127 Å². The summed E-state index contributed by atoms with van der Waals surface area (Å²) in [7, 11) is -1.98. The van der Waals surface area contributed by atoms with Gasteiger partial charge in [-0.25, -0.2) is 8.42 Å². The van der Waals surface area contributed by atoms with Crippen molar-refractivity contribution in [2.75, 3.05) is 18.7 Å². The van der Waals surface area contributed by atoms with E-state index < -0.39 is 15.7 Å². The van der Waals surface area contributed by atoms with E-state index in [1.54, 1.807) is 7.11 Å². The van der Waals surface area contributed by atoms with Crippen LogP contribution in [0.15, 0.2) is 41.1 Å². The standard InChI is InChI=1S/C20H19N5O4S2/c1-12-9-14(13(2)25(12)16-5-7-17(29-3)8-6-16)10-15(11-21)18(26)22-19-23-20(24-30-19)31(4,27)28/h5-10H,1-4H3,(H,22,23,24,26)/b15-10-. The lowest BCUT2D eigenvalue weighted by Crippen LogP contribution is -2.13. The highest BCUT2D eigenvalue weighted by molar-refractivity contribution is 7.90. The minimum Gasteiger partial charge on any atom is -0.497 e. The number of anilines is 1. The molecular weight excluding hydrogens is 438 g/mol. The van der Waals surface area contributed by atoms with E-state index in [4.69, 9.17) is 4.74 Å². The second-order valence-electron chi connectivity index (χ2n) is 6.64. The van der Waals surface area contributed by atoms with Crippen LogP contribution in [0, 0.1) is 25.2 Å². The number of aryl methyl sites for hydroxylation is 1. The Balaban J connectivity index is 1.89. The number of amides is 1. The van der Waals surface area contributed by atoms with Crippen LogP contribution in [0.2, 0.25) is 0 Å². The zero-order valence-corrected chi connectivity index (χ0v) is 18.8. The van der Waals surface area contributed by atoms with E-state index in [1.807, 2.05) is 54.8 Å². The van der Waals surface area contributed by atoms with E-state index in [2.05, 4.69) is 14.7 Å². The number of methoxy groups -OCH3 is 1. The highest BCUT2D eigenvalue weighted by Crippen LogP contribution is 2.25. The number of hydrogen-bond donors (Lipinski definition) is 1. The molecule has 0 aliphatic heterocycles. The molecule has 0 saturated carbocycles. The number of nitrogens with zero attached hydrogens (tertiary/aromatic N) is 4. The first-order valence-corrected chi connectivity index (χ1v) is 11.6. The second kappa shape index (κ2) is 8.71. The lowest BCUT2D eigenvalue weighted by Gasteiger charge is -2.10. The van der Waals surface area contributed by atoms with Crippen molar-refractivity contribution in [3.8, 4) is 17.5 Å². The number of carbonyl (C=O) groups is 1. The SMILES string of the molecule is COc1ccc(-n2c(C)cc(/C=C(/C#N)C(=O)Nc3nc(S(C)(=O)=O)ns3)c2C)cc1. The average molecular weight is 458 g/mol. The summed E-state index contributed by atoms with van der Waals surface area (Å²) in [6.07, 6.45) is 2.45. The molecule has 0 radical (unpaired) electrons. The Kier molecular flexibility index (Phi) is 6.24. The van der Waals surface area contributed by atoms with Crippen molar-refractivity contribution >= 4 is 38.5 Å². The molecule has 0 spiro atoms. The van der Waals surface area contributed by atoms with E-state index in [1.165, 1.54) is 6.08 Å². The largest absolute Gasteiger partial charge is 0.497 e. The van der Waals surface area contributed by atoms with E-state index >= 15 is 0 Å². The number of nitriles is 1. The summed E-state index contributed by atoms with van der Waals surface area (Å²) in [6.45, 7) is 3.81. The zero-order chi connectivity index (χ0) is 22.8. The third kappa shape index (κ3) is 4.82. The van der Waals surface area contributed by atoms with Gasteiger partial charge in [-0.1, -0.05) is 0 Å². The molecule has 1 aromatic carbocycles. The number of benzene rings is 1. The van der Waals surface area contributed by atoms with Crippen molar-refractivity contribution in [2.45, 2.75) is 19.0 Å². The molecule has 0 aliphatic rings. The van der Waals surface area contributed by atoms with Crippen LogP contribution in [0.1, 0.15) is 17.0 Å². The summed E-state index contributed by atoms with van der Waals surface area (Å²) in [4.78, 5) is 16.3. The normalized spacial score (nSPS) is 11.8. The summed E-state index contributed by atoms with van der Waals surface area (Å²) in [5.74, 6) is 0.0402. The maximum Gasteiger partial charge on any atom is 0.268 e. The van der Waals surface area contributed by atoms with Crippen molar-refractivity contribution in [3.63, 3.8) is 0 Å². The molecule has 0 unspecified atom stereocenters. The Morgan fingerprint density at radius 2 is 1.97 bits per heavy atom. The molecule has 0 atom stereocenters. The molecule has 0 bridgehead atoms. The summed E-state index contributed by atoms with van der Waals surface area (Å²) in [5.41, 5.74) is 3.24. The monoisotopic (exact) mass is 457 g/mol. The Morgan fingerprint density at radius 3 is 2.52 bits per heavy atom. The molecule has 0 aliphatic carbocycles. The maximum absolute atomic E-state index is 12.5. The van der Waals surface area contributed by atoms with Gasteiger partial charge in [0.25, 0.3) is 11.1 Å². The minimum absolute atomic E-state index is 0.00437. The molecule has 31 heavy (non-hydrogen) atoms. The first-order chi connectivity index (χ1) is 14.6. The molecule has 0 fully saturated rings. The molecule has 3 rings (SSSR count). The van der Waals surface area contributed by atoms with Crippen LogP contribution in [-0.4, -0.2) is 41.6 Å². The van der Waals surface area contributed by atoms with E-state index in [9.17, 15) is 18.5 Å². The van der Waals surface area contributed by atoms with Gasteiger partial charge >= 0.3 is 0 Å². The Labute approximate surface area is 183 Å². The third-order valence-corrected chi connectivity index (χ3v) is 6.02. The van der Waals surface area contributed by atoms with Crippen LogP contribution >= 0.6 is 11.5 Å². The summed E-state index contributed by atoms with van der Waals surface area (Å²) < 4.78 is 33.9. The van der Waals surface area contributed by atoms with Gasteiger partial charge in [-0.3, -0.25) is 10.1 Å². The molecule has 1 N–H and O–H groups in total. The van der Waals surface area contributed by atoms with Gasteiger partial charge in [-0.2, -0.15) is 14.6 Å². The fourth-order valence-corrected chi connectivity index (χ4v) is 4.38. The number of carbonyl (C=O) groups excluding carboxylic acids is 1. The van der Waals surface area contributed by atoms with Gasteiger partial charge < -0.3 is 9.30 Å². The average Bonchev–Trinajstić information content (AvgIpc) is 3.30. The van der Waals surface area contributed by atoms with Gasteiger partial charge in [-0.05, 0) is 55.8 Å². The number of nitrogens with one attached hydrogen (secondary N) is 1. The van der Waals surface area contributed by atoms with Crippen LogP contribution in [0.25, 0.3) is 11.8 Å². The van der Waals surface area contributed by atoms with Gasteiger partial charge in [0.05, 0.1) is 7.11 Å². The first kappa shape index (κ1) is 22.2. The lowest BCUT2D eigenvalue weighted by atomic mass is 10.1. The number of hydrogen-bond acceptors (Lipinski definition) is 8. The highest BCUT2D eigenvalue weighted by Gasteiger charge is 2.18. The summed E-state index contributed by atoms with van der Waals surface area (Å²) in [6, 6.07) is 11.3. The molecule has 9 nitrogen and oxygen atoms in total. The Morgan fingerprint density at radius 1 is 1.29 bits per heavy atom. The molecule has 11 heteroatoms. The van der Waals surface area contributed by atoms with Crippen LogP contribution in [0.4, 0.5) is 5.13 Å². The van der Waals surface area contributed by atoms with Crippen molar-refractivity contribution < 1.29 is 17.9 Å². The van der Waals surface area contributed by atoms with Crippen LogP contribution in [0.5, 0.6) is 5.75 Å². The Hall–Kier alpha value is -3.49. The van der Waals surface area contributed by atoms with Gasteiger partial charge in [-0.15, -0.1) is 0 Å². The van der Waals surface area contributed by atoms with Gasteiger partial charge in [0.1, 0.15) is 17.4 Å². The molecule has 2 heterocycles. The van der Waals surface area contributed by atoms with Crippen molar-refractivity contribution in [1.29, 1.82) is 5.26 Å². The molecule has 0 saturated heterocycles. The van der Waals surface area contributed by atoms with Crippen molar-refractivity contribution in [2.24, 2.45) is 0 Å². The molecule has 160 valence electrons. The molecule has 3 aromatic rings. The highest BCUT2D eigenvalue weighted by atomic mass is 32.2. The minimum atomic E-state index is -3.58. The summed E-state index contributed by atoms with van der Waals surface area (Å²) >= 11 is 0.726. The lowest BCUT2D eigenvalue weighted by molar-refractivity contribution is -0.112.